The molecule has 2 nitrogen and oxygen atoms in total. The van der Waals surface area contributed by atoms with Crippen LogP contribution in [0.1, 0.15) is 11.1 Å². The van der Waals surface area contributed by atoms with Gasteiger partial charge in [0.1, 0.15) is 0 Å². The van der Waals surface area contributed by atoms with Crippen molar-refractivity contribution < 1.29 is 0 Å². The van der Waals surface area contributed by atoms with Crippen molar-refractivity contribution in [1.29, 1.82) is 0 Å². The summed E-state index contributed by atoms with van der Waals surface area (Å²) in [7, 11) is 0. The molecule has 0 saturated carbocycles. The average molecular weight is 212 g/mol. The molecular formula is C14H16N2. The lowest BCUT2D eigenvalue weighted by Gasteiger charge is -2.09. The van der Waals surface area contributed by atoms with Gasteiger partial charge in [-0.05, 0) is 24.6 Å². The maximum Gasteiger partial charge on any atom is 0.0576 e. The average Bonchev–Trinajstić information content (AvgIpc) is 2.28. The Bertz CT molecular complexity index is 478. The number of aryl methyl sites for hydroxylation is 1. The molecule has 2 aromatic rings. The molecule has 0 radical (unpaired) electrons. The van der Waals surface area contributed by atoms with Crippen molar-refractivity contribution in [1.82, 2.24) is 0 Å². The van der Waals surface area contributed by atoms with E-state index in [0.717, 1.165) is 17.9 Å². The fraction of sp³-hybridized carbons (Fsp3) is 0.143. The molecule has 0 aliphatic carbocycles. The largest absolute Gasteiger partial charge is 0.397 e. The van der Waals surface area contributed by atoms with Gasteiger partial charge in [0, 0.05) is 6.54 Å². The first-order valence-corrected chi connectivity index (χ1v) is 5.39. The summed E-state index contributed by atoms with van der Waals surface area (Å²) >= 11 is 0. The Balaban J connectivity index is 2.05. The quantitative estimate of drug-likeness (QED) is 0.767. The number of hydrogen-bond donors (Lipinski definition) is 2. The highest BCUT2D eigenvalue weighted by molar-refractivity contribution is 5.65. The topological polar surface area (TPSA) is 38.0 Å². The SMILES string of the molecule is Cc1cccc(CNc2ccccc2N)c1. The summed E-state index contributed by atoms with van der Waals surface area (Å²) < 4.78 is 0. The Morgan fingerprint density at radius 1 is 1.06 bits per heavy atom. The molecule has 0 amide bonds. The Labute approximate surface area is 96.1 Å². The van der Waals surface area contributed by atoms with Crippen molar-refractivity contribution in [2.75, 3.05) is 11.1 Å². The molecule has 2 heteroatoms. The van der Waals surface area contributed by atoms with Gasteiger partial charge in [-0.1, -0.05) is 42.0 Å². The van der Waals surface area contributed by atoms with Crippen LogP contribution < -0.4 is 11.1 Å². The van der Waals surface area contributed by atoms with Gasteiger partial charge >= 0.3 is 0 Å². The second kappa shape index (κ2) is 4.71. The Morgan fingerprint density at radius 3 is 2.62 bits per heavy atom. The number of benzene rings is 2. The van der Waals surface area contributed by atoms with E-state index in [0.29, 0.717) is 0 Å². The second-order valence-corrected chi connectivity index (χ2v) is 3.93. The van der Waals surface area contributed by atoms with Crippen LogP contribution in [0.3, 0.4) is 0 Å². The predicted molar refractivity (Wildman–Crippen MR) is 69.4 cm³/mol. The van der Waals surface area contributed by atoms with Gasteiger partial charge in [-0.25, -0.2) is 0 Å². The van der Waals surface area contributed by atoms with E-state index in [4.69, 9.17) is 5.73 Å². The molecule has 82 valence electrons. The van der Waals surface area contributed by atoms with Crippen molar-refractivity contribution in [3.8, 4) is 0 Å². The van der Waals surface area contributed by atoms with Crippen LogP contribution in [0, 0.1) is 6.92 Å². The highest BCUT2D eigenvalue weighted by atomic mass is 14.9. The lowest BCUT2D eigenvalue weighted by atomic mass is 10.1. The van der Waals surface area contributed by atoms with Crippen molar-refractivity contribution in [3.05, 3.63) is 59.7 Å². The van der Waals surface area contributed by atoms with Gasteiger partial charge in [0.05, 0.1) is 11.4 Å². The molecule has 0 bridgehead atoms. The molecule has 3 N–H and O–H groups in total. The van der Waals surface area contributed by atoms with E-state index >= 15 is 0 Å². The van der Waals surface area contributed by atoms with Gasteiger partial charge in [-0.3, -0.25) is 0 Å². The first kappa shape index (κ1) is 10.6. The number of hydrogen-bond acceptors (Lipinski definition) is 2. The number of anilines is 2. The molecule has 0 aromatic heterocycles. The number of para-hydroxylation sites is 2. The third-order valence-electron chi connectivity index (χ3n) is 2.53. The fourth-order valence-corrected chi connectivity index (χ4v) is 1.68. The first-order chi connectivity index (χ1) is 7.75. The minimum atomic E-state index is 0.787. The van der Waals surface area contributed by atoms with Gasteiger partial charge in [-0.2, -0.15) is 0 Å². The first-order valence-electron chi connectivity index (χ1n) is 5.39. The Morgan fingerprint density at radius 2 is 1.88 bits per heavy atom. The van der Waals surface area contributed by atoms with Crippen molar-refractivity contribution in [2.45, 2.75) is 13.5 Å². The second-order valence-electron chi connectivity index (χ2n) is 3.93. The summed E-state index contributed by atoms with van der Waals surface area (Å²) in [5.74, 6) is 0. The minimum Gasteiger partial charge on any atom is -0.397 e. The maximum absolute atomic E-state index is 5.85. The number of nitrogen functional groups attached to an aromatic ring is 1. The fourth-order valence-electron chi connectivity index (χ4n) is 1.68. The maximum atomic E-state index is 5.85. The molecule has 0 unspecified atom stereocenters. The van der Waals surface area contributed by atoms with Gasteiger partial charge in [-0.15, -0.1) is 0 Å². The predicted octanol–water partition coefficient (Wildman–Crippen LogP) is 3.19. The van der Waals surface area contributed by atoms with Crippen LogP contribution in [-0.2, 0) is 6.54 Å². The standard InChI is InChI=1S/C14H16N2/c1-11-5-4-6-12(9-11)10-16-14-8-3-2-7-13(14)15/h2-9,16H,10,15H2,1H3. The molecular weight excluding hydrogens is 196 g/mol. The van der Waals surface area contributed by atoms with Crippen LogP contribution in [0.5, 0.6) is 0 Å². The third kappa shape index (κ3) is 2.54. The molecule has 0 saturated heterocycles. The molecule has 2 aromatic carbocycles. The van der Waals surface area contributed by atoms with E-state index < -0.39 is 0 Å². The molecule has 16 heavy (non-hydrogen) atoms. The molecule has 0 spiro atoms. The summed E-state index contributed by atoms with van der Waals surface area (Å²) in [6.07, 6.45) is 0. The van der Waals surface area contributed by atoms with Crippen molar-refractivity contribution in [3.63, 3.8) is 0 Å². The van der Waals surface area contributed by atoms with E-state index in [-0.39, 0.29) is 0 Å². The number of nitrogens with one attached hydrogen (secondary N) is 1. The lowest BCUT2D eigenvalue weighted by Crippen LogP contribution is -2.02. The van der Waals surface area contributed by atoms with Gasteiger partial charge in [0.15, 0.2) is 0 Å². The molecule has 2 rings (SSSR count). The normalized spacial score (nSPS) is 10.1. The van der Waals surface area contributed by atoms with Gasteiger partial charge < -0.3 is 11.1 Å². The van der Waals surface area contributed by atoms with Crippen LogP contribution in [-0.4, -0.2) is 0 Å². The van der Waals surface area contributed by atoms with E-state index in [9.17, 15) is 0 Å². The Hall–Kier alpha value is -1.96. The molecule has 0 fully saturated rings. The van der Waals surface area contributed by atoms with Crippen LogP contribution in [0.4, 0.5) is 11.4 Å². The van der Waals surface area contributed by atoms with Gasteiger partial charge in [0.25, 0.3) is 0 Å². The third-order valence-corrected chi connectivity index (χ3v) is 2.53. The number of rotatable bonds is 3. The van der Waals surface area contributed by atoms with Crippen molar-refractivity contribution >= 4 is 11.4 Å². The smallest absolute Gasteiger partial charge is 0.0576 e. The zero-order valence-corrected chi connectivity index (χ0v) is 9.40. The summed E-state index contributed by atoms with van der Waals surface area (Å²) in [6, 6.07) is 16.3. The van der Waals surface area contributed by atoms with E-state index in [1.165, 1.54) is 11.1 Å². The van der Waals surface area contributed by atoms with E-state index in [1.54, 1.807) is 0 Å². The van der Waals surface area contributed by atoms with Crippen LogP contribution in [0.15, 0.2) is 48.5 Å². The molecule has 0 aliphatic heterocycles. The van der Waals surface area contributed by atoms with Crippen LogP contribution in [0.2, 0.25) is 0 Å². The van der Waals surface area contributed by atoms with Crippen LogP contribution >= 0.6 is 0 Å². The zero-order chi connectivity index (χ0) is 11.4. The lowest BCUT2D eigenvalue weighted by molar-refractivity contribution is 1.14. The summed E-state index contributed by atoms with van der Waals surface area (Å²) in [4.78, 5) is 0. The summed E-state index contributed by atoms with van der Waals surface area (Å²) in [5, 5.41) is 3.33. The van der Waals surface area contributed by atoms with Crippen molar-refractivity contribution in [2.24, 2.45) is 0 Å². The molecule has 0 heterocycles. The summed E-state index contributed by atoms with van der Waals surface area (Å²) in [5.41, 5.74) is 10.2. The highest BCUT2D eigenvalue weighted by Crippen LogP contribution is 2.17. The zero-order valence-electron chi connectivity index (χ0n) is 9.40. The molecule has 0 atom stereocenters. The monoisotopic (exact) mass is 212 g/mol. The van der Waals surface area contributed by atoms with Crippen LogP contribution in [0.25, 0.3) is 0 Å². The summed E-state index contributed by atoms with van der Waals surface area (Å²) in [6.45, 7) is 2.90. The number of nitrogens with two attached hydrogens (primary N) is 1. The van der Waals surface area contributed by atoms with E-state index in [1.807, 2.05) is 24.3 Å². The molecule has 0 aliphatic rings. The highest BCUT2D eigenvalue weighted by Gasteiger charge is 1.97. The van der Waals surface area contributed by atoms with E-state index in [2.05, 4.69) is 36.5 Å². The van der Waals surface area contributed by atoms with Gasteiger partial charge in [0.2, 0.25) is 0 Å². The Kier molecular flexibility index (Phi) is 3.10. The minimum absolute atomic E-state index is 0.787.